The zero-order valence-electron chi connectivity index (χ0n) is 17.6. The second kappa shape index (κ2) is 9.01. The summed E-state index contributed by atoms with van der Waals surface area (Å²) in [7, 11) is 0. The van der Waals surface area contributed by atoms with Crippen molar-refractivity contribution in [2.24, 2.45) is 0 Å². The Bertz CT molecular complexity index is 1200. The number of rotatable bonds is 4. The van der Waals surface area contributed by atoms with Gasteiger partial charge in [-0.05, 0) is 49.9 Å². The highest BCUT2D eigenvalue weighted by Crippen LogP contribution is 2.35. The van der Waals surface area contributed by atoms with E-state index >= 15 is 0 Å². The summed E-state index contributed by atoms with van der Waals surface area (Å²) in [5, 5.41) is 18.7. The van der Waals surface area contributed by atoms with E-state index in [1.807, 2.05) is 0 Å². The summed E-state index contributed by atoms with van der Waals surface area (Å²) in [6.45, 7) is 1.59. The van der Waals surface area contributed by atoms with Gasteiger partial charge in [-0.1, -0.05) is 11.6 Å². The van der Waals surface area contributed by atoms with Crippen LogP contribution in [0.5, 0.6) is 0 Å². The molecule has 1 aromatic carbocycles. The highest BCUT2D eigenvalue weighted by molar-refractivity contribution is 6.31. The summed E-state index contributed by atoms with van der Waals surface area (Å²) in [6, 6.07) is 5.38. The van der Waals surface area contributed by atoms with Crippen LogP contribution in [0.3, 0.4) is 0 Å². The number of hydrogen-bond acceptors (Lipinski definition) is 5. The molecular weight excluding hydrogens is 459 g/mol. The Balaban J connectivity index is 1.44. The third-order valence-corrected chi connectivity index (χ3v) is 5.93. The standard InChI is InChI=1S/C22H21ClF3N5O2/c1-12-10-27-19(11-31(12)33)21(32)29-15-5-3-14(4-6-15)28-18-9-20(22(24,25)26)30-17-7-2-13(23)8-16(17)18/h2,7-11,14-15H,3-6H2,1H3,(H,28,30)(H,29,32)/t14-,15-. The first-order chi connectivity index (χ1) is 15.6. The molecule has 0 unspecified atom stereocenters. The molecule has 7 nitrogen and oxygen atoms in total. The molecule has 1 saturated carbocycles. The van der Waals surface area contributed by atoms with E-state index in [1.54, 1.807) is 13.0 Å². The van der Waals surface area contributed by atoms with Crippen molar-refractivity contribution in [2.45, 2.75) is 50.9 Å². The Labute approximate surface area is 192 Å². The molecule has 1 amide bonds. The summed E-state index contributed by atoms with van der Waals surface area (Å²) < 4.78 is 40.6. The van der Waals surface area contributed by atoms with Gasteiger partial charge in [-0.3, -0.25) is 4.79 Å². The average Bonchev–Trinajstić information content (AvgIpc) is 2.76. The van der Waals surface area contributed by atoms with Crippen LogP contribution in [-0.4, -0.2) is 28.0 Å². The first-order valence-electron chi connectivity index (χ1n) is 10.4. The lowest BCUT2D eigenvalue weighted by atomic mass is 9.90. The summed E-state index contributed by atoms with van der Waals surface area (Å²) in [5.74, 6) is -0.430. The number of benzene rings is 1. The maximum Gasteiger partial charge on any atom is 0.433 e. The first kappa shape index (κ1) is 23.0. The van der Waals surface area contributed by atoms with Crippen LogP contribution in [0.1, 0.15) is 47.6 Å². The van der Waals surface area contributed by atoms with E-state index in [9.17, 15) is 23.2 Å². The Morgan fingerprint density at radius 1 is 1.18 bits per heavy atom. The molecule has 0 bridgehead atoms. The molecule has 33 heavy (non-hydrogen) atoms. The zero-order chi connectivity index (χ0) is 23.8. The second-order valence-corrected chi connectivity index (χ2v) is 8.56. The minimum absolute atomic E-state index is 0.0377. The Hall–Kier alpha value is -3.14. The fourth-order valence-electron chi connectivity index (χ4n) is 3.91. The molecule has 4 rings (SSSR count). The predicted molar refractivity (Wildman–Crippen MR) is 117 cm³/mol. The van der Waals surface area contributed by atoms with Crippen LogP contribution < -0.4 is 15.4 Å². The normalized spacial score (nSPS) is 18.8. The molecule has 1 aliphatic rings. The van der Waals surface area contributed by atoms with E-state index in [4.69, 9.17) is 11.6 Å². The van der Waals surface area contributed by atoms with Crippen LogP contribution in [0.2, 0.25) is 5.02 Å². The van der Waals surface area contributed by atoms with Gasteiger partial charge in [0.25, 0.3) is 5.91 Å². The number of alkyl halides is 3. The number of halogens is 4. The van der Waals surface area contributed by atoms with Crippen molar-refractivity contribution in [3.8, 4) is 0 Å². The number of aromatic nitrogens is 3. The van der Waals surface area contributed by atoms with Gasteiger partial charge in [0.2, 0.25) is 11.9 Å². The number of carbonyl (C=O) groups is 1. The van der Waals surface area contributed by atoms with E-state index < -0.39 is 17.8 Å². The molecular formula is C22H21ClF3N5O2. The summed E-state index contributed by atoms with van der Waals surface area (Å²) in [5.41, 5.74) is -0.0144. The first-order valence-corrected chi connectivity index (χ1v) is 10.8. The molecule has 0 saturated heterocycles. The van der Waals surface area contributed by atoms with Gasteiger partial charge >= 0.3 is 6.18 Å². The van der Waals surface area contributed by atoms with Crippen molar-refractivity contribution in [3.05, 3.63) is 64.0 Å². The van der Waals surface area contributed by atoms with Crippen LogP contribution in [0.4, 0.5) is 18.9 Å². The highest BCUT2D eigenvalue weighted by Gasteiger charge is 2.34. The molecule has 1 aliphatic carbocycles. The number of nitrogens with one attached hydrogen (secondary N) is 2. The lowest BCUT2D eigenvalue weighted by molar-refractivity contribution is -0.613. The van der Waals surface area contributed by atoms with Crippen LogP contribution in [0, 0.1) is 12.1 Å². The Morgan fingerprint density at radius 2 is 1.88 bits per heavy atom. The molecule has 11 heteroatoms. The fourth-order valence-corrected chi connectivity index (χ4v) is 4.08. The van der Waals surface area contributed by atoms with Crippen molar-refractivity contribution in [3.63, 3.8) is 0 Å². The van der Waals surface area contributed by atoms with Crippen LogP contribution in [-0.2, 0) is 6.18 Å². The minimum Gasteiger partial charge on any atom is -0.618 e. The number of pyridine rings is 1. The summed E-state index contributed by atoms with van der Waals surface area (Å²) >= 11 is 6.06. The van der Waals surface area contributed by atoms with Gasteiger partial charge in [-0.25, -0.2) is 9.97 Å². The van der Waals surface area contributed by atoms with Gasteiger partial charge in [0.15, 0.2) is 5.69 Å². The zero-order valence-corrected chi connectivity index (χ0v) is 18.4. The monoisotopic (exact) mass is 479 g/mol. The fraction of sp³-hybridized carbons (Fsp3) is 0.364. The second-order valence-electron chi connectivity index (χ2n) is 8.12. The summed E-state index contributed by atoms with van der Waals surface area (Å²) in [4.78, 5) is 20.1. The number of aryl methyl sites for hydroxylation is 1. The van der Waals surface area contributed by atoms with Gasteiger partial charge in [-0.2, -0.15) is 17.9 Å². The predicted octanol–water partition coefficient (Wildman–Crippen LogP) is 4.40. The minimum atomic E-state index is -4.57. The van der Waals surface area contributed by atoms with E-state index in [-0.39, 0.29) is 23.3 Å². The molecule has 174 valence electrons. The maximum absolute atomic E-state index is 13.3. The van der Waals surface area contributed by atoms with Crippen LogP contribution in [0.25, 0.3) is 10.9 Å². The smallest absolute Gasteiger partial charge is 0.433 e. The molecule has 2 aromatic heterocycles. The molecule has 0 atom stereocenters. The molecule has 0 radical (unpaired) electrons. The largest absolute Gasteiger partial charge is 0.618 e. The number of nitrogens with zero attached hydrogens (tertiary/aromatic N) is 3. The van der Waals surface area contributed by atoms with Crippen molar-refractivity contribution < 1.29 is 22.7 Å². The number of fused-ring (bicyclic) bond motifs is 1. The van der Waals surface area contributed by atoms with Crippen LogP contribution in [0.15, 0.2) is 36.7 Å². The van der Waals surface area contributed by atoms with Gasteiger partial charge in [0.05, 0.1) is 11.7 Å². The van der Waals surface area contributed by atoms with Crippen molar-refractivity contribution in [1.82, 2.24) is 15.3 Å². The molecule has 3 aromatic rings. The van der Waals surface area contributed by atoms with E-state index in [2.05, 4.69) is 20.6 Å². The van der Waals surface area contributed by atoms with Gasteiger partial charge in [0, 0.05) is 35.1 Å². The quantitative estimate of drug-likeness (QED) is 0.427. The number of anilines is 1. The number of carbonyl (C=O) groups excluding carboxylic acids is 1. The average molecular weight is 480 g/mol. The lowest BCUT2D eigenvalue weighted by Crippen LogP contribution is -2.41. The lowest BCUT2D eigenvalue weighted by Gasteiger charge is -2.30. The van der Waals surface area contributed by atoms with Crippen LogP contribution >= 0.6 is 11.6 Å². The third kappa shape index (κ3) is 5.27. The molecule has 2 heterocycles. The number of hydrogen-bond donors (Lipinski definition) is 2. The summed E-state index contributed by atoms with van der Waals surface area (Å²) in [6.07, 6.45) is 0.432. The Morgan fingerprint density at radius 3 is 2.55 bits per heavy atom. The number of amides is 1. The molecule has 1 fully saturated rings. The van der Waals surface area contributed by atoms with Crippen molar-refractivity contribution in [2.75, 3.05) is 5.32 Å². The molecule has 2 N–H and O–H groups in total. The Kier molecular flexibility index (Phi) is 6.29. The van der Waals surface area contributed by atoms with Crippen molar-refractivity contribution in [1.29, 1.82) is 0 Å². The highest BCUT2D eigenvalue weighted by atomic mass is 35.5. The van der Waals surface area contributed by atoms with E-state index in [0.29, 0.717) is 52.2 Å². The van der Waals surface area contributed by atoms with Gasteiger partial charge in [0.1, 0.15) is 5.69 Å². The maximum atomic E-state index is 13.3. The third-order valence-electron chi connectivity index (χ3n) is 5.69. The van der Waals surface area contributed by atoms with Gasteiger partial charge in [-0.15, -0.1) is 0 Å². The SMILES string of the molecule is Cc1cnc(C(=O)N[C@H]2CC[C@H](Nc3cc(C(F)(F)F)nc4ccc(Cl)cc34)CC2)c[n+]1[O-]. The van der Waals surface area contributed by atoms with Crippen molar-refractivity contribution >= 4 is 34.1 Å². The van der Waals surface area contributed by atoms with Gasteiger partial charge < -0.3 is 15.8 Å². The van der Waals surface area contributed by atoms with E-state index in [1.165, 1.54) is 18.3 Å². The topological polar surface area (TPSA) is 93.8 Å². The van der Waals surface area contributed by atoms with E-state index in [0.717, 1.165) is 12.3 Å². The molecule has 0 aliphatic heterocycles. The molecule has 0 spiro atoms.